The molecule has 2 aromatic carbocycles. The van der Waals surface area contributed by atoms with Gasteiger partial charge in [-0.2, -0.15) is 0 Å². The van der Waals surface area contributed by atoms with E-state index in [0.29, 0.717) is 29.4 Å². The number of aromatic carboxylic acids is 1. The summed E-state index contributed by atoms with van der Waals surface area (Å²) < 4.78 is 1.11. The highest BCUT2D eigenvalue weighted by molar-refractivity contribution is 9.10. The zero-order valence-electron chi connectivity index (χ0n) is 18.1. The van der Waals surface area contributed by atoms with Crippen LogP contribution in [0, 0.1) is 5.92 Å². The van der Waals surface area contributed by atoms with Crippen molar-refractivity contribution in [2.24, 2.45) is 5.92 Å². The van der Waals surface area contributed by atoms with E-state index in [9.17, 15) is 9.90 Å². The third-order valence-corrected chi connectivity index (χ3v) is 8.07. The standard InChI is InChI=1S/C27H30BrNO2/c1-2-3-4-6-17-13-14-29-25(18-9-11-20(28)12-10-18)22-8-5-7-21(22)24-16-19(27(30)31)15-23(17)26(24)29/h5,7,9-12,15-17,21-22,25H,2-4,6,8,13-14H2,1H3,(H,30,31)/t17-,21+,22-,25+/m1/s1. The molecule has 2 aromatic rings. The highest BCUT2D eigenvalue weighted by Crippen LogP contribution is 2.57. The van der Waals surface area contributed by atoms with Crippen LogP contribution in [-0.2, 0) is 0 Å². The fraction of sp³-hybridized carbons (Fsp3) is 0.444. The van der Waals surface area contributed by atoms with Crippen molar-refractivity contribution in [3.05, 3.63) is 75.3 Å². The zero-order chi connectivity index (χ0) is 21.5. The van der Waals surface area contributed by atoms with Gasteiger partial charge in [0.1, 0.15) is 0 Å². The minimum absolute atomic E-state index is 0.298. The summed E-state index contributed by atoms with van der Waals surface area (Å²) in [6, 6.07) is 13.1. The van der Waals surface area contributed by atoms with Crippen LogP contribution in [0.25, 0.3) is 0 Å². The van der Waals surface area contributed by atoms with Gasteiger partial charge in [0.25, 0.3) is 0 Å². The van der Waals surface area contributed by atoms with E-state index in [0.717, 1.165) is 30.3 Å². The molecule has 31 heavy (non-hydrogen) atoms. The second-order valence-corrected chi connectivity index (χ2v) is 10.2. The number of carboxylic acids is 1. The fourth-order valence-electron chi connectivity index (χ4n) is 6.13. The highest BCUT2D eigenvalue weighted by atomic mass is 79.9. The third-order valence-electron chi connectivity index (χ3n) is 7.54. The van der Waals surface area contributed by atoms with Crippen LogP contribution in [0.2, 0.25) is 0 Å². The summed E-state index contributed by atoms with van der Waals surface area (Å²) in [5.41, 5.74) is 5.67. The molecule has 162 valence electrons. The molecule has 4 heteroatoms. The van der Waals surface area contributed by atoms with Crippen LogP contribution in [0.4, 0.5) is 5.69 Å². The van der Waals surface area contributed by atoms with E-state index in [2.05, 4.69) is 64.2 Å². The summed E-state index contributed by atoms with van der Waals surface area (Å²) in [5, 5.41) is 9.85. The first-order chi connectivity index (χ1) is 15.1. The molecular weight excluding hydrogens is 450 g/mol. The Hall–Kier alpha value is -2.07. The number of benzene rings is 2. The average Bonchev–Trinajstić information content (AvgIpc) is 3.26. The van der Waals surface area contributed by atoms with Gasteiger partial charge >= 0.3 is 5.97 Å². The van der Waals surface area contributed by atoms with E-state index >= 15 is 0 Å². The molecule has 2 aliphatic heterocycles. The van der Waals surface area contributed by atoms with Crippen molar-refractivity contribution in [2.45, 2.75) is 63.3 Å². The molecule has 1 N–H and O–H groups in total. The number of anilines is 1. The van der Waals surface area contributed by atoms with Crippen LogP contribution in [-0.4, -0.2) is 17.6 Å². The lowest BCUT2D eigenvalue weighted by Crippen LogP contribution is -2.43. The topological polar surface area (TPSA) is 40.5 Å². The maximum atomic E-state index is 12.0. The molecule has 0 amide bonds. The lowest BCUT2D eigenvalue weighted by atomic mass is 9.71. The number of hydrogen-bond acceptors (Lipinski definition) is 2. The van der Waals surface area contributed by atoms with Crippen molar-refractivity contribution < 1.29 is 9.90 Å². The molecule has 5 rings (SSSR count). The van der Waals surface area contributed by atoms with Gasteiger partial charge in [-0.1, -0.05) is 66.4 Å². The van der Waals surface area contributed by atoms with Gasteiger partial charge in [0, 0.05) is 22.6 Å². The van der Waals surface area contributed by atoms with E-state index in [4.69, 9.17) is 0 Å². The smallest absolute Gasteiger partial charge is 0.335 e. The largest absolute Gasteiger partial charge is 0.478 e. The lowest BCUT2D eigenvalue weighted by Gasteiger charge is -2.50. The van der Waals surface area contributed by atoms with Gasteiger partial charge in [0.2, 0.25) is 0 Å². The molecule has 3 nitrogen and oxygen atoms in total. The lowest BCUT2D eigenvalue weighted by molar-refractivity contribution is 0.0696. The summed E-state index contributed by atoms with van der Waals surface area (Å²) in [6.07, 6.45) is 11.6. The predicted octanol–water partition coefficient (Wildman–Crippen LogP) is 7.44. The van der Waals surface area contributed by atoms with E-state index in [1.807, 2.05) is 12.1 Å². The Morgan fingerprint density at radius 3 is 2.68 bits per heavy atom. The van der Waals surface area contributed by atoms with Gasteiger partial charge in [-0.15, -0.1) is 0 Å². The third kappa shape index (κ3) is 3.63. The number of carboxylic acid groups (broad SMARTS) is 1. The van der Waals surface area contributed by atoms with Gasteiger partial charge < -0.3 is 10.0 Å². The van der Waals surface area contributed by atoms with Crippen LogP contribution >= 0.6 is 15.9 Å². The van der Waals surface area contributed by atoms with Gasteiger partial charge in [-0.25, -0.2) is 4.79 Å². The Balaban J connectivity index is 1.64. The van der Waals surface area contributed by atoms with E-state index in [1.54, 1.807) is 0 Å². The molecule has 0 spiro atoms. The molecule has 0 bridgehead atoms. The number of fused-ring (bicyclic) bond motifs is 2. The van der Waals surface area contributed by atoms with E-state index in [1.165, 1.54) is 41.6 Å². The zero-order valence-corrected chi connectivity index (χ0v) is 19.6. The number of rotatable bonds is 6. The Labute approximate surface area is 193 Å². The SMILES string of the molecule is CCCCC[C@@H]1CCN2c3c1cc(C(=O)O)cc3[C@H]1C=CC[C@H]1[C@@H]2c1ccc(Br)cc1. The number of nitrogens with zero attached hydrogens (tertiary/aromatic N) is 1. The van der Waals surface area contributed by atoms with Crippen molar-refractivity contribution in [3.8, 4) is 0 Å². The summed E-state index contributed by atoms with van der Waals surface area (Å²) in [5.74, 6) is 0.412. The average molecular weight is 480 g/mol. The molecular formula is C27H30BrNO2. The second-order valence-electron chi connectivity index (χ2n) is 9.33. The first-order valence-electron chi connectivity index (χ1n) is 11.7. The Morgan fingerprint density at radius 2 is 1.94 bits per heavy atom. The normalized spacial score (nSPS) is 25.9. The Kier molecular flexibility index (Phi) is 5.68. The van der Waals surface area contributed by atoms with Gasteiger partial charge in [0.15, 0.2) is 0 Å². The minimum Gasteiger partial charge on any atom is -0.478 e. The predicted molar refractivity (Wildman–Crippen MR) is 129 cm³/mol. The molecule has 4 atom stereocenters. The molecule has 2 heterocycles. The van der Waals surface area contributed by atoms with Crippen molar-refractivity contribution in [3.63, 3.8) is 0 Å². The number of hydrogen-bond donors (Lipinski definition) is 1. The molecule has 1 aliphatic carbocycles. The maximum absolute atomic E-state index is 12.0. The van der Waals surface area contributed by atoms with Gasteiger partial charge in [-0.05, 0) is 72.1 Å². The van der Waals surface area contributed by atoms with Crippen molar-refractivity contribution in [1.82, 2.24) is 0 Å². The molecule has 0 unspecified atom stereocenters. The summed E-state index contributed by atoms with van der Waals surface area (Å²) in [4.78, 5) is 14.6. The van der Waals surface area contributed by atoms with Gasteiger partial charge in [0.05, 0.1) is 11.6 Å². The number of allylic oxidation sites excluding steroid dienone is 2. The number of halogens is 1. The molecule has 0 radical (unpaired) electrons. The van der Waals surface area contributed by atoms with Crippen molar-refractivity contribution in [2.75, 3.05) is 11.4 Å². The second kappa shape index (κ2) is 8.46. The molecule has 0 aromatic heterocycles. The first-order valence-corrected chi connectivity index (χ1v) is 12.5. The Bertz CT molecular complexity index is 1010. The minimum atomic E-state index is -0.808. The molecule has 0 saturated heterocycles. The van der Waals surface area contributed by atoms with Crippen LogP contribution in [0.1, 0.15) is 90.4 Å². The van der Waals surface area contributed by atoms with Gasteiger partial charge in [-0.3, -0.25) is 0 Å². The first kappa shape index (κ1) is 20.8. The molecule has 3 aliphatic rings. The molecule has 0 saturated carbocycles. The highest BCUT2D eigenvalue weighted by Gasteiger charge is 2.45. The van der Waals surface area contributed by atoms with E-state index < -0.39 is 5.97 Å². The summed E-state index contributed by atoms with van der Waals surface area (Å²) >= 11 is 3.58. The maximum Gasteiger partial charge on any atom is 0.335 e. The monoisotopic (exact) mass is 479 g/mol. The summed E-state index contributed by atoms with van der Waals surface area (Å²) in [6.45, 7) is 3.29. The summed E-state index contributed by atoms with van der Waals surface area (Å²) in [7, 11) is 0. The molecule has 0 fully saturated rings. The van der Waals surface area contributed by atoms with Crippen LogP contribution < -0.4 is 4.90 Å². The van der Waals surface area contributed by atoms with Crippen LogP contribution in [0.5, 0.6) is 0 Å². The van der Waals surface area contributed by atoms with Crippen LogP contribution in [0.15, 0.2) is 53.0 Å². The van der Waals surface area contributed by atoms with E-state index in [-0.39, 0.29) is 0 Å². The fourth-order valence-corrected chi connectivity index (χ4v) is 6.40. The quantitative estimate of drug-likeness (QED) is 0.345. The Morgan fingerprint density at radius 1 is 1.16 bits per heavy atom. The number of unbranched alkanes of at least 4 members (excludes halogenated alkanes) is 2. The number of carbonyl (C=O) groups is 1. The van der Waals surface area contributed by atoms with Crippen molar-refractivity contribution >= 4 is 27.6 Å². The van der Waals surface area contributed by atoms with Crippen molar-refractivity contribution in [1.29, 1.82) is 0 Å². The van der Waals surface area contributed by atoms with Crippen LogP contribution in [0.3, 0.4) is 0 Å².